The van der Waals surface area contributed by atoms with E-state index in [1.54, 1.807) is 0 Å². The van der Waals surface area contributed by atoms with E-state index in [1.807, 2.05) is 16.3 Å². The minimum absolute atomic E-state index is 0.214. The maximum absolute atomic E-state index is 12.1. The van der Waals surface area contributed by atoms with Gasteiger partial charge in [0.15, 0.2) is 0 Å². The number of anilines is 2. The third-order valence-corrected chi connectivity index (χ3v) is 4.49. The quantitative estimate of drug-likeness (QED) is 0.903. The van der Waals surface area contributed by atoms with Crippen molar-refractivity contribution in [2.24, 2.45) is 0 Å². The summed E-state index contributed by atoms with van der Waals surface area (Å²) < 4.78 is 0. The second kappa shape index (κ2) is 6.26. The number of hydrogen-bond donors (Lipinski definition) is 2. The lowest BCUT2D eigenvalue weighted by molar-refractivity contribution is -0.131. The summed E-state index contributed by atoms with van der Waals surface area (Å²) in [6.07, 6.45) is 3.96. The monoisotopic (exact) mass is 305 g/mol. The number of thiophene rings is 1. The number of likely N-dealkylation sites (tertiary alicyclic amines) is 1. The first kappa shape index (κ1) is 14.1. The number of fused-ring (bicyclic) bond motifs is 1. The highest BCUT2D eigenvalue weighted by atomic mass is 32.1. The van der Waals surface area contributed by atoms with E-state index in [9.17, 15) is 4.79 Å². The molecule has 3 heterocycles. The van der Waals surface area contributed by atoms with Crippen LogP contribution in [0.5, 0.6) is 0 Å². The number of carbonyl (C=O) groups is 1. The molecule has 0 saturated carbocycles. The maximum Gasteiger partial charge on any atom is 0.224 e. The van der Waals surface area contributed by atoms with Gasteiger partial charge in [-0.15, -0.1) is 11.3 Å². The van der Waals surface area contributed by atoms with Crippen LogP contribution in [0.4, 0.5) is 11.8 Å². The van der Waals surface area contributed by atoms with Crippen LogP contribution < -0.4 is 11.1 Å². The molecule has 2 aromatic heterocycles. The molecule has 0 spiro atoms. The number of nitrogens with one attached hydrogen (secondary N) is 1. The number of amides is 1. The molecule has 6 nitrogen and oxygen atoms in total. The summed E-state index contributed by atoms with van der Waals surface area (Å²) in [7, 11) is 0. The van der Waals surface area contributed by atoms with Gasteiger partial charge >= 0.3 is 0 Å². The van der Waals surface area contributed by atoms with Crippen LogP contribution in [0.15, 0.2) is 11.4 Å². The Morgan fingerprint density at radius 3 is 2.95 bits per heavy atom. The average Bonchev–Trinajstić information content (AvgIpc) is 2.96. The smallest absolute Gasteiger partial charge is 0.224 e. The van der Waals surface area contributed by atoms with E-state index in [0.717, 1.165) is 36.1 Å². The van der Waals surface area contributed by atoms with E-state index in [2.05, 4.69) is 15.3 Å². The summed E-state index contributed by atoms with van der Waals surface area (Å²) in [6, 6.07) is 1.97. The SMILES string of the molecule is Nc1nc(NCCC(=O)N2CCCCC2)c2ccsc2n1. The zero-order valence-electron chi connectivity index (χ0n) is 11.8. The largest absolute Gasteiger partial charge is 0.369 e. The maximum atomic E-state index is 12.1. The lowest BCUT2D eigenvalue weighted by Gasteiger charge is -2.26. The van der Waals surface area contributed by atoms with Crippen LogP contribution in [0, 0.1) is 0 Å². The molecule has 0 unspecified atom stereocenters. The second-order valence-electron chi connectivity index (χ2n) is 5.19. The van der Waals surface area contributed by atoms with E-state index in [0.29, 0.717) is 18.8 Å². The molecule has 2 aromatic rings. The summed E-state index contributed by atoms with van der Waals surface area (Å²) in [6.45, 7) is 2.36. The van der Waals surface area contributed by atoms with Crippen LogP contribution in [-0.2, 0) is 4.79 Å². The van der Waals surface area contributed by atoms with E-state index in [1.165, 1.54) is 17.8 Å². The van der Waals surface area contributed by atoms with Crippen molar-refractivity contribution in [3.05, 3.63) is 11.4 Å². The predicted molar refractivity (Wildman–Crippen MR) is 85.4 cm³/mol. The van der Waals surface area contributed by atoms with E-state index in [4.69, 9.17) is 5.73 Å². The molecule has 3 rings (SSSR count). The Bertz CT molecular complexity index is 635. The Hall–Kier alpha value is -1.89. The molecule has 21 heavy (non-hydrogen) atoms. The van der Waals surface area contributed by atoms with Gasteiger partial charge in [0.2, 0.25) is 11.9 Å². The number of aromatic nitrogens is 2. The fourth-order valence-corrected chi connectivity index (χ4v) is 3.37. The number of nitrogens with zero attached hydrogens (tertiary/aromatic N) is 3. The molecule has 1 amide bonds. The first-order chi connectivity index (χ1) is 10.2. The average molecular weight is 305 g/mol. The van der Waals surface area contributed by atoms with Gasteiger partial charge in [0, 0.05) is 26.1 Å². The second-order valence-corrected chi connectivity index (χ2v) is 6.08. The number of rotatable bonds is 4. The van der Waals surface area contributed by atoms with E-state index in [-0.39, 0.29) is 11.9 Å². The van der Waals surface area contributed by atoms with Crippen LogP contribution in [0.25, 0.3) is 10.2 Å². The van der Waals surface area contributed by atoms with Crippen molar-refractivity contribution in [1.82, 2.24) is 14.9 Å². The zero-order chi connectivity index (χ0) is 14.7. The van der Waals surface area contributed by atoms with Gasteiger partial charge in [-0.3, -0.25) is 4.79 Å². The molecule has 1 fully saturated rings. The molecule has 0 radical (unpaired) electrons. The fraction of sp³-hybridized carbons (Fsp3) is 0.500. The summed E-state index contributed by atoms with van der Waals surface area (Å²) >= 11 is 1.53. The molecule has 0 aliphatic carbocycles. The molecule has 0 aromatic carbocycles. The van der Waals surface area contributed by atoms with E-state index >= 15 is 0 Å². The standard InChI is InChI=1S/C14H19N5OS/c15-14-17-12(10-5-9-21-13(10)18-14)16-6-4-11(20)19-7-2-1-3-8-19/h5,9H,1-4,6-8H2,(H3,15,16,17,18). The van der Waals surface area contributed by atoms with Crippen LogP contribution in [0.3, 0.4) is 0 Å². The third kappa shape index (κ3) is 3.24. The number of carbonyl (C=O) groups excluding carboxylic acids is 1. The minimum Gasteiger partial charge on any atom is -0.369 e. The molecular formula is C14H19N5OS. The van der Waals surface area contributed by atoms with Crippen molar-refractivity contribution in [2.75, 3.05) is 30.7 Å². The minimum atomic E-state index is 0.214. The number of hydrogen-bond acceptors (Lipinski definition) is 6. The van der Waals surface area contributed by atoms with Crippen LogP contribution in [0.1, 0.15) is 25.7 Å². The van der Waals surface area contributed by atoms with Crippen molar-refractivity contribution in [3.63, 3.8) is 0 Å². The van der Waals surface area contributed by atoms with Gasteiger partial charge in [0.05, 0.1) is 5.39 Å². The summed E-state index contributed by atoms with van der Waals surface area (Å²) in [5.41, 5.74) is 5.70. The topological polar surface area (TPSA) is 84.1 Å². The molecule has 3 N–H and O–H groups in total. The highest BCUT2D eigenvalue weighted by Gasteiger charge is 2.16. The Morgan fingerprint density at radius 2 is 2.14 bits per heavy atom. The third-order valence-electron chi connectivity index (χ3n) is 3.68. The first-order valence-electron chi connectivity index (χ1n) is 7.26. The summed E-state index contributed by atoms with van der Waals surface area (Å²) in [5.74, 6) is 1.19. The van der Waals surface area contributed by atoms with Gasteiger partial charge in [-0.2, -0.15) is 4.98 Å². The Balaban J connectivity index is 1.59. The predicted octanol–water partition coefficient (Wildman–Crippen LogP) is 2.09. The van der Waals surface area contributed by atoms with Crippen molar-refractivity contribution < 1.29 is 4.79 Å². The lowest BCUT2D eigenvalue weighted by Crippen LogP contribution is -2.36. The van der Waals surface area contributed by atoms with Gasteiger partial charge < -0.3 is 16.0 Å². The van der Waals surface area contributed by atoms with Crippen molar-refractivity contribution in [2.45, 2.75) is 25.7 Å². The van der Waals surface area contributed by atoms with Crippen molar-refractivity contribution >= 4 is 39.2 Å². The molecule has 1 saturated heterocycles. The Labute approximate surface area is 127 Å². The highest BCUT2D eigenvalue weighted by molar-refractivity contribution is 7.16. The van der Waals surface area contributed by atoms with Crippen molar-refractivity contribution in [1.29, 1.82) is 0 Å². The zero-order valence-corrected chi connectivity index (χ0v) is 12.7. The normalized spacial score (nSPS) is 15.3. The fourth-order valence-electron chi connectivity index (χ4n) is 2.60. The Morgan fingerprint density at radius 1 is 1.33 bits per heavy atom. The van der Waals surface area contributed by atoms with Crippen LogP contribution >= 0.6 is 11.3 Å². The van der Waals surface area contributed by atoms with Gasteiger partial charge in [-0.25, -0.2) is 4.98 Å². The summed E-state index contributed by atoms with van der Waals surface area (Å²) in [5, 5.41) is 6.13. The molecule has 1 aliphatic heterocycles. The molecule has 7 heteroatoms. The molecule has 1 aliphatic rings. The molecule has 0 atom stereocenters. The molecule has 0 bridgehead atoms. The van der Waals surface area contributed by atoms with Gasteiger partial charge in [0.25, 0.3) is 0 Å². The van der Waals surface area contributed by atoms with Crippen LogP contribution in [0.2, 0.25) is 0 Å². The number of nitrogen functional groups attached to an aromatic ring is 1. The van der Waals surface area contributed by atoms with E-state index < -0.39 is 0 Å². The molecule has 112 valence electrons. The number of nitrogens with two attached hydrogens (primary N) is 1. The van der Waals surface area contributed by atoms with Gasteiger partial charge in [0.1, 0.15) is 10.6 Å². The van der Waals surface area contributed by atoms with Crippen LogP contribution in [-0.4, -0.2) is 40.4 Å². The van der Waals surface area contributed by atoms with Gasteiger partial charge in [-0.1, -0.05) is 0 Å². The number of piperidine rings is 1. The van der Waals surface area contributed by atoms with Crippen molar-refractivity contribution in [3.8, 4) is 0 Å². The Kier molecular flexibility index (Phi) is 4.19. The summed E-state index contributed by atoms with van der Waals surface area (Å²) in [4.78, 5) is 23.3. The lowest BCUT2D eigenvalue weighted by atomic mass is 10.1. The first-order valence-corrected chi connectivity index (χ1v) is 8.14. The molecular weight excluding hydrogens is 286 g/mol. The van der Waals surface area contributed by atoms with Gasteiger partial charge in [-0.05, 0) is 30.7 Å². The highest BCUT2D eigenvalue weighted by Crippen LogP contribution is 2.25.